The molecule has 0 saturated carbocycles. The highest BCUT2D eigenvalue weighted by Crippen LogP contribution is 2.31. The van der Waals surface area contributed by atoms with Crippen molar-refractivity contribution in [2.75, 3.05) is 31.2 Å². The molecule has 2 aromatic heterocycles. The molecule has 0 unspecified atom stereocenters. The van der Waals surface area contributed by atoms with E-state index >= 15 is 0 Å². The summed E-state index contributed by atoms with van der Waals surface area (Å²) in [6.45, 7) is 3.23. The van der Waals surface area contributed by atoms with E-state index < -0.39 is 0 Å². The SMILES string of the molecule is OCc1cccc(Oc2nc3nc(-c4ccc(N5CCOCC5)cc4)c(Cl)cc3[nH]2)c1. The van der Waals surface area contributed by atoms with E-state index in [1.807, 2.05) is 24.3 Å². The van der Waals surface area contributed by atoms with Crippen molar-refractivity contribution < 1.29 is 14.6 Å². The molecule has 3 heterocycles. The molecule has 5 rings (SSSR count). The van der Waals surface area contributed by atoms with Gasteiger partial charge in [0.05, 0.1) is 36.1 Å². The Kier molecular flexibility index (Phi) is 5.46. The van der Waals surface area contributed by atoms with Gasteiger partial charge in [0.2, 0.25) is 0 Å². The van der Waals surface area contributed by atoms with Crippen molar-refractivity contribution in [2.45, 2.75) is 6.61 Å². The third-order valence-corrected chi connectivity index (χ3v) is 5.51. The van der Waals surface area contributed by atoms with Crippen LogP contribution in [0, 0.1) is 0 Å². The maximum absolute atomic E-state index is 9.29. The van der Waals surface area contributed by atoms with Crippen LogP contribution in [-0.4, -0.2) is 46.4 Å². The van der Waals surface area contributed by atoms with Crippen LogP contribution in [0.5, 0.6) is 11.8 Å². The van der Waals surface area contributed by atoms with Crippen LogP contribution in [0.2, 0.25) is 5.02 Å². The number of aromatic amines is 1. The number of H-pyrrole nitrogens is 1. The highest BCUT2D eigenvalue weighted by Gasteiger charge is 2.15. The Hall–Kier alpha value is -3.13. The lowest BCUT2D eigenvalue weighted by Crippen LogP contribution is -2.36. The van der Waals surface area contributed by atoms with Gasteiger partial charge >= 0.3 is 6.01 Å². The zero-order valence-electron chi connectivity index (χ0n) is 16.7. The number of rotatable bonds is 5. The normalized spacial score (nSPS) is 14.2. The van der Waals surface area contributed by atoms with Crippen molar-refractivity contribution in [3.63, 3.8) is 0 Å². The molecule has 2 N–H and O–H groups in total. The van der Waals surface area contributed by atoms with E-state index in [0.29, 0.717) is 33.6 Å². The summed E-state index contributed by atoms with van der Waals surface area (Å²) in [7, 11) is 0. The predicted octanol–water partition coefficient (Wildman–Crippen LogP) is 4.40. The summed E-state index contributed by atoms with van der Waals surface area (Å²) in [4.78, 5) is 14.5. The first-order valence-corrected chi connectivity index (χ1v) is 10.4. The number of aliphatic hydroxyl groups excluding tert-OH is 1. The third-order valence-electron chi connectivity index (χ3n) is 5.22. The van der Waals surface area contributed by atoms with Crippen LogP contribution in [0.1, 0.15) is 5.56 Å². The summed E-state index contributed by atoms with van der Waals surface area (Å²) in [5, 5.41) is 9.82. The molecule has 0 spiro atoms. The van der Waals surface area contributed by atoms with Gasteiger partial charge < -0.3 is 24.5 Å². The van der Waals surface area contributed by atoms with E-state index in [1.165, 1.54) is 0 Å². The summed E-state index contributed by atoms with van der Waals surface area (Å²) in [6, 6.07) is 17.5. The second-order valence-electron chi connectivity index (χ2n) is 7.29. The number of aliphatic hydroxyl groups is 1. The molecular weight excluding hydrogens is 416 g/mol. The zero-order chi connectivity index (χ0) is 21.2. The fourth-order valence-corrected chi connectivity index (χ4v) is 3.88. The average Bonchev–Trinajstić information content (AvgIpc) is 3.20. The lowest BCUT2D eigenvalue weighted by Gasteiger charge is -2.28. The summed E-state index contributed by atoms with van der Waals surface area (Å²) in [6.07, 6.45) is 0. The van der Waals surface area contributed by atoms with Crippen LogP contribution in [0.15, 0.2) is 54.6 Å². The van der Waals surface area contributed by atoms with Gasteiger partial charge in [-0.2, -0.15) is 4.98 Å². The van der Waals surface area contributed by atoms with Gasteiger partial charge in [-0.05, 0) is 35.9 Å². The van der Waals surface area contributed by atoms with Gasteiger partial charge in [-0.3, -0.25) is 0 Å². The van der Waals surface area contributed by atoms with Gasteiger partial charge in [-0.25, -0.2) is 4.98 Å². The summed E-state index contributed by atoms with van der Waals surface area (Å²) >= 11 is 6.53. The predicted molar refractivity (Wildman–Crippen MR) is 120 cm³/mol. The molecule has 0 bridgehead atoms. The monoisotopic (exact) mass is 436 g/mol. The largest absolute Gasteiger partial charge is 0.426 e. The van der Waals surface area contributed by atoms with Gasteiger partial charge in [-0.1, -0.05) is 35.9 Å². The quantitative estimate of drug-likeness (QED) is 0.482. The Labute approximate surface area is 184 Å². The number of morpholine rings is 1. The number of hydrogen-bond donors (Lipinski definition) is 2. The topological polar surface area (TPSA) is 83.5 Å². The van der Waals surface area contributed by atoms with Gasteiger partial charge in [0.25, 0.3) is 0 Å². The Morgan fingerprint density at radius 3 is 2.65 bits per heavy atom. The Balaban J connectivity index is 1.41. The van der Waals surface area contributed by atoms with E-state index in [-0.39, 0.29) is 6.61 Å². The molecule has 0 atom stereocenters. The fourth-order valence-electron chi connectivity index (χ4n) is 3.62. The number of ether oxygens (including phenoxy) is 2. The lowest BCUT2D eigenvalue weighted by molar-refractivity contribution is 0.122. The number of anilines is 1. The number of pyridine rings is 1. The van der Waals surface area contributed by atoms with E-state index in [1.54, 1.807) is 18.2 Å². The number of nitrogens with zero attached hydrogens (tertiary/aromatic N) is 3. The minimum Gasteiger partial charge on any atom is -0.426 e. The molecule has 1 aliphatic heterocycles. The fraction of sp³-hybridized carbons (Fsp3) is 0.217. The number of fused-ring (bicyclic) bond motifs is 1. The molecule has 1 saturated heterocycles. The first-order valence-electron chi connectivity index (χ1n) is 10.1. The summed E-state index contributed by atoms with van der Waals surface area (Å²) < 4.78 is 11.2. The van der Waals surface area contributed by atoms with Crippen molar-refractivity contribution >= 4 is 28.5 Å². The average molecular weight is 437 g/mol. The minimum atomic E-state index is -0.0534. The molecular formula is C23H21ClN4O3. The Morgan fingerprint density at radius 2 is 1.87 bits per heavy atom. The van der Waals surface area contributed by atoms with Gasteiger partial charge in [0, 0.05) is 24.3 Å². The number of nitrogens with one attached hydrogen (secondary N) is 1. The van der Waals surface area contributed by atoms with Crippen molar-refractivity contribution in [1.29, 1.82) is 0 Å². The van der Waals surface area contributed by atoms with Crippen molar-refractivity contribution in [1.82, 2.24) is 15.0 Å². The molecule has 0 radical (unpaired) electrons. The Bertz CT molecular complexity index is 1200. The molecule has 1 aliphatic rings. The molecule has 7 nitrogen and oxygen atoms in total. The molecule has 2 aromatic carbocycles. The zero-order valence-corrected chi connectivity index (χ0v) is 17.5. The van der Waals surface area contributed by atoms with E-state index in [2.05, 4.69) is 32.0 Å². The van der Waals surface area contributed by atoms with Crippen LogP contribution >= 0.6 is 11.6 Å². The summed E-state index contributed by atoms with van der Waals surface area (Å²) in [5.74, 6) is 0.579. The molecule has 8 heteroatoms. The summed E-state index contributed by atoms with van der Waals surface area (Å²) in [5.41, 5.74) is 4.72. The van der Waals surface area contributed by atoms with Crippen LogP contribution in [-0.2, 0) is 11.3 Å². The first-order chi connectivity index (χ1) is 15.2. The van der Waals surface area contributed by atoms with Crippen LogP contribution < -0.4 is 9.64 Å². The third kappa shape index (κ3) is 4.20. The van der Waals surface area contributed by atoms with E-state index in [9.17, 15) is 5.11 Å². The maximum Gasteiger partial charge on any atom is 0.301 e. The number of aromatic nitrogens is 3. The molecule has 0 amide bonds. The van der Waals surface area contributed by atoms with Crippen molar-refractivity contribution in [3.05, 3.63) is 65.2 Å². The molecule has 0 aliphatic carbocycles. The van der Waals surface area contributed by atoms with Crippen LogP contribution in [0.25, 0.3) is 22.4 Å². The minimum absolute atomic E-state index is 0.0534. The van der Waals surface area contributed by atoms with Gasteiger partial charge in [0.15, 0.2) is 5.65 Å². The van der Waals surface area contributed by atoms with Crippen LogP contribution in [0.3, 0.4) is 0 Å². The van der Waals surface area contributed by atoms with Crippen molar-refractivity contribution in [2.24, 2.45) is 0 Å². The van der Waals surface area contributed by atoms with Gasteiger partial charge in [-0.15, -0.1) is 0 Å². The van der Waals surface area contributed by atoms with Crippen LogP contribution in [0.4, 0.5) is 5.69 Å². The van der Waals surface area contributed by atoms with E-state index in [4.69, 9.17) is 21.1 Å². The number of hydrogen-bond acceptors (Lipinski definition) is 6. The van der Waals surface area contributed by atoms with Gasteiger partial charge in [0.1, 0.15) is 5.75 Å². The number of imidazole rings is 1. The second-order valence-corrected chi connectivity index (χ2v) is 7.69. The standard InChI is InChI=1S/C23H21ClN4O3/c24-19-13-20-22(27-23(25-20)31-18-3-1-2-15(12-18)14-29)26-21(19)16-4-6-17(7-5-16)28-8-10-30-11-9-28/h1-7,12-13,29H,8-11,14H2,(H,25,26,27). The van der Waals surface area contributed by atoms with E-state index in [0.717, 1.165) is 43.1 Å². The smallest absolute Gasteiger partial charge is 0.301 e. The number of benzene rings is 2. The highest BCUT2D eigenvalue weighted by atomic mass is 35.5. The highest BCUT2D eigenvalue weighted by molar-refractivity contribution is 6.33. The second kappa shape index (κ2) is 8.55. The van der Waals surface area contributed by atoms with Crippen molar-refractivity contribution in [3.8, 4) is 23.0 Å². The maximum atomic E-state index is 9.29. The molecule has 31 heavy (non-hydrogen) atoms. The molecule has 1 fully saturated rings. The Morgan fingerprint density at radius 1 is 1.06 bits per heavy atom. The molecule has 4 aromatic rings. The molecule has 158 valence electrons. The first kappa shape index (κ1) is 19.8. The lowest BCUT2D eigenvalue weighted by atomic mass is 10.1. The number of halogens is 1.